The molecule has 0 aliphatic heterocycles. The molecule has 0 radical (unpaired) electrons. The minimum absolute atomic E-state index is 1.05. The Bertz CT molecular complexity index is 135. The smallest absolute Gasteiger partial charge is 0.210 e. The second-order valence-corrected chi connectivity index (χ2v) is 9.59. The van der Waals surface area contributed by atoms with Crippen molar-refractivity contribution < 1.29 is 22.0 Å². The summed E-state index contributed by atoms with van der Waals surface area (Å²) in [7, 11) is -3.39. The molecule has 0 aliphatic carbocycles. The number of alkyl halides is 5. The van der Waals surface area contributed by atoms with E-state index in [1.54, 1.807) is 0 Å². The molecule has 0 aromatic heterocycles. The van der Waals surface area contributed by atoms with Crippen LogP contribution in [0.15, 0.2) is 0 Å². The highest BCUT2D eigenvalue weighted by Gasteiger charge is 2.55. The molecular formula is C5H8ClF5Si. The van der Waals surface area contributed by atoms with Crippen LogP contribution in [-0.4, -0.2) is 20.0 Å². The van der Waals surface area contributed by atoms with Gasteiger partial charge in [-0.05, 0) is 0 Å². The van der Waals surface area contributed by atoms with E-state index in [1.807, 2.05) is 0 Å². The zero-order chi connectivity index (χ0) is 10.2. The fourth-order valence-electron chi connectivity index (χ4n) is 0.832. The number of hydrogen-bond acceptors (Lipinski definition) is 0. The van der Waals surface area contributed by atoms with E-state index in [2.05, 4.69) is 0 Å². The standard InChI is InChI=1S/C5H8ClF5Si/c1-12(2,6)3(4(7)8)5(9,10)11/h3-4H,1-2H3. The molecule has 0 saturated heterocycles. The summed E-state index contributed by atoms with van der Waals surface area (Å²) in [6.45, 7) is 2.11. The van der Waals surface area contributed by atoms with Crippen LogP contribution in [0.1, 0.15) is 0 Å². The van der Waals surface area contributed by atoms with Gasteiger partial charge in [0.25, 0.3) is 0 Å². The molecule has 0 aliphatic rings. The Labute approximate surface area is 72.4 Å². The summed E-state index contributed by atoms with van der Waals surface area (Å²) >= 11 is 5.32. The van der Waals surface area contributed by atoms with Crippen molar-refractivity contribution in [2.45, 2.75) is 31.2 Å². The first-order valence-electron chi connectivity index (χ1n) is 3.10. The summed E-state index contributed by atoms with van der Waals surface area (Å²) in [6, 6.07) is 0. The lowest BCUT2D eigenvalue weighted by Gasteiger charge is -2.27. The van der Waals surface area contributed by atoms with E-state index in [1.165, 1.54) is 0 Å². The molecule has 1 unspecified atom stereocenters. The highest BCUT2D eigenvalue weighted by molar-refractivity contribution is 7.20. The van der Waals surface area contributed by atoms with Crippen LogP contribution in [0.3, 0.4) is 0 Å². The first-order valence-corrected chi connectivity index (χ1v) is 7.19. The topological polar surface area (TPSA) is 0 Å². The molecule has 12 heavy (non-hydrogen) atoms. The van der Waals surface area contributed by atoms with Gasteiger partial charge in [-0.15, -0.1) is 0 Å². The fraction of sp³-hybridized carbons (Fsp3) is 1.00. The van der Waals surface area contributed by atoms with Crippen LogP contribution in [0.25, 0.3) is 0 Å². The second-order valence-electron chi connectivity index (χ2n) is 2.92. The van der Waals surface area contributed by atoms with Gasteiger partial charge >= 0.3 is 6.18 Å². The van der Waals surface area contributed by atoms with Gasteiger partial charge in [-0.3, -0.25) is 0 Å². The highest BCUT2D eigenvalue weighted by atomic mass is 35.6. The number of halogens is 6. The van der Waals surface area contributed by atoms with E-state index in [0.29, 0.717) is 0 Å². The Morgan fingerprint density at radius 2 is 1.50 bits per heavy atom. The van der Waals surface area contributed by atoms with Gasteiger partial charge in [-0.25, -0.2) is 8.78 Å². The molecule has 0 aromatic carbocycles. The predicted molar refractivity (Wildman–Crippen MR) is 39.1 cm³/mol. The van der Waals surface area contributed by atoms with Crippen molar-refractivity contribution in [3.05, 3.63) is 0 Å². The van der Waals surface area contributed by atoms with Gasteiger partial charge in [0.2, 0.25) is 6.43 Å². The van der Waals surface area contributed by atoms with Gasteiger partial charge in [-0.2, -0.15) is 24.3 Å². The Kier molecular flexibility index (Phi) is 3.54. The zero-order valence-electron chi connectivity index (χ0n) is 6.42. The van der Waals surface area contributed by atoms with E-state index in [0.717, 1.165) is 13.1 Å². The summed E-state index contributed by atoms with van der Waals surface area (Å²) in [5.74, 6) is 0. The normalized spacial score (nSPS) is 16.8. The average Bonchev–Trinajstić information content (AvgIpc) is 1.49. The molecule has 0 amide bonds. The molecule has 0 fully saturated rings. The Hall–Kier alpha value is 0.157. The lowest BCUT2D eigenvalue weighted by molar-refractivity contribution is -0.159. The molecule has 0 heterocycles. The molecule has 0 rings (SSSR count). The van der Waals surface area contributed by atoms with Gasteiger partial charge in [-0.1, -0.05) is 13.1 Å². The molecule has 0 saturated carbocycles. The van der Waals surface area contributed by atoms with Gasteiger partial charge in [0.1, 0.15) is 5.54 Å². The van der Waals surface area contributed by atoms with Gasteiger partial charge in [0.05, 0.1) is 0 Å². The Morgan fingerprint density at radius 1 is 1.17 bits per heavy atom. The lowest BCUT2D eigenvalue weighted by atomic mass is 10.4. The van der Waals surface area contributed by atoms with E-state index in [9.17, 15) is 22.0 Å². The van der Waals surface area contributed by atoms with E-state index in [-0.39, 0.29) is 0 Å². The zero-order valence-corrected chi connectivity index (χ0v) is 8.18. The van der Waals surface area contributed by atoms with Gasteiger partial charge in [0, 0.05) is 0 Å². The predicted octanol–water partition coefficient (Wildman–Crippen LogP) is 3.63. The van der Waals surface area contributed by atoms with Crippen LogP contribution in [0.4, 0.5) is 22.0 Å². The monoisotopic (exact) mass is 226 g/mol. The van der Waals surface area contributed by atoms with Crippen LogP contribution < -0.4 is 0 Å². The number of rotatable bonds is 2. The Morgan fingerprint density at radius 3 is 1.50 bits per heavy atom. The first-order chi connectivity index (χ1) is 5.07. The second kappa shape index (κ2) is 3.49. The maximum absolute atomic E-state index is 11.9. The first kappa shape index (κ1) is 12.2. The average molecular weight is 227 g/mol. The van der Waals surface area contributed by atoms with Crippen molar-refractivity contribution in [1.29, 1.82) is 0 Å². The third-order valence-corrected chi connectivity index (χ3v) is 4.11. The van der Waals surface area contributed by atoms with Crippen molar-refractivity contribution in [2.24, 2.45) is 0 Å². The number of hydrogen-bond donors (Lipinski definition) is 0. The van der Waals surface area contributed by atoms with E-state index >= 15 is 0 Å². The maximum atomic E-state index is 11.9. The van der Waals surface area contributed by atoms with Gasteiger partial charge < -0.3 is 0 Å². The van der Waals surface area contributed by atoms with Crippen LogP contribution >= 0.6 is 11.1 Å². The SMILES string of the molecule is C[Si](C)(Cl)C(C(F)F)C(F)(F)F. The third-order valence-electron chi connectivity index (χ3n) is 1.34. The Balaban J connectivity index is 4.70. The molecule has 0 N–H and O–H groups in total. The van der Waals surface area contributed by atoms with Gasteiger partial charge in [0.15, 0.2) is 7.38 Å². The molecule has 74 valence electrons. The minimum atomic E-state index is -4.90. The fourth-order valence-corrected chi connectivity index (χ4v) is 2.87. The third kappa shape index (κ3) is 3.26. The molecule has 0 bridgehead atoms. The summed E-state index contributed by atoms with van der Waals surface area (Å²) in [5.41, 5.74) is -2.65. The van der Waals surface area contributed by atoms with Crippen LogP contribution in [0.2, 0.25) is 18.6 Å². The molecule has 7 heteroatoms. The van der Waals surface area contributed by atoms with Crippen molar-refractivity contribution in [1.82, 2.24) is 0 Å². The maximum Gasteiger partial charge on any atom is 0.396 e. The van der Waals surface area contributed by atoms with Crippen molar-refractivity contribution in [3.63, 3.8) is 0 Å². The molecule has 0 aromatic rings. The van der Waals surface area contributed by atoms with Crippen LogP contribution in [0, 0.1) is 0 Å². The molecular weight excluding hydrogens is 219 g/mol. The summed E-state index contributed by atoms with van der Waals surface area (Å²) in [4.78, 5) is 0. The summed E-state index contributed by atoms with van der Waals surface area (Å²) < 4.78 is 59.7. The summed E-state index contributed by atoms with van der Waals surface area (Å²) in [5, 5.41) is 0. The quantitative estimate of drug-likeness (QED) is 0.383. The van der Waals surface area contributed by atoms with Crippen molar-refractivity contribution >= 4 is 18.5 Å². The largest absolute Gasteiger partial charge is 0.396 e. The lowest BCUT2D eigenvalue weighted by Crippen LogP contribution is -2.40. The molecule has 0 nitrogen and oxygen atoms in total. The van der Waals surface area contributed by atoms with Crippen molar-refractivity contribution in [2.75, 3.05) is 0 Å². The highest BCUT2D eigenvalue weighted by Crippen LogP contribution is 2.44. The van der Waals surface area contributed by atoms with Crippen molar-refractivity contribution in [3.8, 4) is 0 Å². The summed E-state index contributed by atoms with van der Waals surface area (Å²) in [6.07, 6.45) is -8.32. The van der Waals surface area contributed by atoms with Crippen LogP contribution in [-0.2, 0) is 0 Å². The van der Waals surface area contributed by atoms with E-state index < -0.39 is 25.5 Å². The van der Waals surface area contributed by atoms with Crippen LogP contribution in [0.5, 0.6) is 0 Å². The molecule has 0 spiro atoms. The minimum Gasteiger partial charge on any atom is -0.210 e. The van der Waals surface area contributed by atoms with E-state index in [4.69, 9.17) is 11.1 Å². The molecule has 1 atom stereocenters.